The van der Waals surface area contributed by atoms with Crippen molar-refractivity contribution in [2.45, 2.75) is 38.6 Å². The molecule has 2 aromatic carbocycles. The van der Waals surface area contributed by atoms with Crippen molar-refractivity contribution in [2.75, 3.05) is 19.7 Å². The molecule has 0 saturated carbocycles. The zero-order chi connectivity index (χ0) is 26.9. The van der Waals surface area contributed by atoms with Crippen molar-refractivity contribution in [3.05, 3.63) is 87.4 Å². The smallest absolute Gasteiger partial charge is 0.335 e. The van der Waals surface area contributed by atoms with Crippen LogP contribution >= 0.6 is 23.2 Å². The second-order valence-corrected chi connectivity index (χ2v) is 11.1. The predicted molar refractivity (Wildman–Crippen MR) is 149 cm³/mol. The number of imidazole rings is 1. The van der Waals surface area contributed by atoms with Crippen LogP contribution in [0.5, 0.6) is 5.75 Å². The molecule has 0 bridgehead atoms. The summed E-state index contributed by atoms with van der Waals surface area (Å²) in [5, 5.41) is 10.5. The van der Waals surface area contributed by atoms with Gasteiger partial charge in [-0.05, 0) is 72.9 Å². The van der Waals surface area contributed by atoms with E-state index in [0.29, 0.717) is 34.9 Å². The van der Waals surface area contributed by atoms with E-state index in [1.807, 2.05) is 6.20 Å². The molecule has 39 heavy (non-hydrogen) atoms. The second kappa shape index (κ2) is 11.1. The summed E-state index contributed by atoms with van der Waals surface area (Å²) in [7, 11) is 0. The first-order valence-corrected chi connectivity index (χ1v) is 13.7. The molecule has 0 radical (unpaired) electrons. The van der Waals surface area contributed by atoms with Gasteiger partial charge in [-0.1, -0.05) is 23.2 Å². The first-order chi connectivity index (χ1) is 18.9. The number of carboxylic acids is 1. The molecule has 2 aromatic heterocycles. The molecule has 2 aliphatic heterocycles. The minimum absolute atomic E-state index is 0.152. The van der Waals surface area contributed by atoms with Gasteiger partial charge in [-0.2, -0.15) is 0 Å². The van der Waals surface area contributed by atoms with Gasteiger partial charge in [0, 0.05) is 30.9 Å². The lowest BCUT2D eigenvalue weighted by atomic mass is 9.92. The average Bonchev–Trinajstić information content (AvgIpc) is 3.20. The Labute approximate surface area is 236 Å². The molecule has 0 aliphatic carbocycles. The van der Waals surface area contributed by atoms with Gasteiger partial charge in [0.2, 0.25) is 0 Å². The molecule has 2 aliphatic rings. The number of hydrogen-bond donors (Lipinski definition) is 1. The van der Waals surface area contributed by atoms with E-state index in [1.165, 1.54) is 5.56 Å². The zero-order valence-electron chi connectivity index (χ0n) is 21.2. The molecule has 2 fully saturated rings. The fraction of sp³-hybridized carbons (Fsp3) is 0.345. The molecule has 2 saturated heterocycles. The minimum atomic E-state index is -0.934. The maximum Gasteiger partial charge on any atom is 0.335 e. The number of halogens is 2. The highest BCUT2D eigenvalue weighted by atomic mass is 35.5. The van der Waals surface area contributed by atoms with Crippen molar-refractivity contribution in [2.24, 2.45) is 5.92 Å². The third-order valence-corrected chi connectivity index (χ3v) is 7.86. The Morgan fingerprint density at radius 1 is 1.13 bits per heavy atom. The number of likely N-dealkylation sites (tertiary alicyclic amines) is 1. The summed E-state index contributed by atoms with van der Waals surface area (Å²) in [5.41, 5.74) is 4.02. The van der Waals surface area contributed by atoms with E-state index in [-0.39, 0.29) is 11.7 Å². The Kier molecular flexibility index (Phi) is 7.44. The molecular formula is C29H28Cl2N4O4. The number of rotatable bonds is 10. The van der Waals surface area contributed by atoms with Crippen LogP contribution in [0.25, 0.3) is 11.0 Å². The lowest BCUT2D eigenvalue weighted by molar-refractivity contribution is -0.0594. The maximum atomic E-state index is 11.5. The highest BCUT2D eigenvalue weighted by Crippen LogP contribution is 2.29. The van der Waals surface area contributed by atoms with Gasteiger partial charge < -0.3 is 19.1 Å². The quantitative estimate of drug-likeness (QED) is 0.272. The predicted octanol–water partition coefficient (Wildman–Crippen LogP) is 5.48. The van der Waals surface area contributed by atoms with Crippen molar-refractivity contribution in [3.63, 3.8) is 0 Å². The summed E-state index contributed by atoms with van der Waals surface area (Å²) in [4.78, 5) is 23.2. The number of fused-ring (bicyclic) bond motifs is 1. The maximum absolute atomic E-state index is 11.5. The van der Waals surface area contributed by atoms with Crippen LogP contribution in [0.15, 0.2) is 54.7 Å². The topological polar surface area (TPSA) is 89.7 Å². The Balaban J connectivity index is 1.07. The van der Waals surface area contributed by atoms with E-state index in [9.17, 15) is 9.90 Å². The van der Waals surface area contributed by atoms with Gasteiger partial charge in [0.25, 0.3) is 0 Å². The van der Waals surface area contributed by atoms with Gasteiger partial charge in [0.1, 0.15) is 18.2 Å². The number of benzene rings is 2. The van der Waals surface area contributed by atoms with Crippen LogP contribution in [0.2, 0.25) is 10.0 Å². The second-order valence-electron chi connectivity index (χ2n) is 10.2. The first-order valence-electron chi connectivity index (χ1n) is 13.0. The molecule has 10 heteroatoms. The molecule has 1 N–H and O–H groups in total. The van der Waals surface area contributed by atoms with E-state index in [4.69, 9.17) is 37.7 Å². The standard InChI is InChI=1S/C29H28Cl2N4O4/c30-21-2-4-27(24(31)12-21)39-17-22-10-18(5-7-32-22)9-19-13-34(14-19)16-28-33-25-3-1-20(29(36)37)11-26(25)35(28)15-23-6-8-38-23/h1-5,7,10-12,19,23H,6,8-9,13-17H2,(H,36,37)/t23-/m0/s1. The Morgan fingerprint density at radius 2 is 1.97 bits per heavy atom. The highest BCUT2D eigenvalue weighted by molar-refractivity contribution is 6.35. The third-order valence-electron chi connectivity index (χ3n) is 7.33. The molecule has 0 spiro atoms. The zero-order valence-corrected chi connectivity index (χ0v) is 22.7. The number of pyridine rings is 1. The van der Waals surface area contributed by atoms with Gasteiger partial charge >= 0.3 is 5.97 Å². The minimum Gasteiger partial charge on any atom is -0.486 e. The molecule has 6 rings (SSSR count). The summed E-state index contributed by atoms with van der Waals surface area (Å²) >= 11 is 12.2. The number of ether oxygens (including phenoxy) is 2. The number of aromatic carboxylic acids is 1. The van der Waals surface area contributed by atoms with Crippen molar-refractivity contribution in [1.82, 2.24) is 19.4 Å². The monoisotopic (exact) mass is 566 g/mol. The van der Waals surface area contributed by atoms with Crippen LogP contribution in [0.3, 0.4) is 0 Å². The summed E-state index contributed by atoms with van der Waals surface area (Å²) in [6.45, 7) is 4.46. The number of hydrogen-bond acceptors (Lipinski definition) is 6. The lowest BCUT2D eigenvalue weighted by Crippen LogP contribution is -2.47. The number of carboxylic acid groups (broad SMARTS) is 1. The Morgan fingerprint density at radius 3 is 2.72 bits per heavy atom. The number of carbonyl (C=O) groups is 1. The first kappa shape index (κ1) is 26.1. The summed E-state index contributed by atoms with van der Waals surface area (Å²) in [6, 6.07) is 14.4. The van der Waals surface area contributed by atoms with E-state index < -0.39 is 5.97 Å². The van der Waals surface area contributed by atoms with Crippen molar-refractivity contribution >= 4 is 40.2 Å². The highest BCUT2D eigenvalue weighted by Gasteiger charge is 2.29. The molecule has 4 aromatic rings. The van der Waals surface area contributed by atoms with Crippen molar-refractivity contribution < 1.29 is 19.4 Å². The molecule has 0 unspecified atom stereocenters. The largest absolute Gasteiger partial charge is 0.486 e. The molecule has 4 heterocycles. The number of aromatic nitrogens is 3. The lowest BCUT2D eigenvalue weighted by Gasteiger charge is -2.39. The summed E-state index contributed by atoms with van der Waals surface area (Å²) in [5.74, 6) is 1.14. The van der Waals surface area contributed by atoms with Crippen LogP contribution in [0.1, 0.15) is 33.9 Å². The van der Waals surface area contributed by atoms with E-state index >= 15 is 0 Å². The van der Waals surface area contributed by atoms with Gasteiger partial charge in [-0.25, -0.2) is 9.78 Å². The van der Waals surface area contributed by atoms with Crippen LogP contribution in [0.4, 0.5) is 0 Å². The van der Waals surface area contributed by atoms with Crippen LogP contribution < -0.4 is 4.74 Å². The Hall–Kier alpha value is -3.17. The molecule has 202 valence electrons. The van der Waals surface area contributed by atoms with E-state index in [2.05, 4.69) is 26.6 Å². The molecule has 0 amide bonds. The summed E-state index contributed by atoms with van der Waals surface area (Å²) in [6.07, 6.45) is 3.95. The Bertz CT molecular complexity index is 1510. The van der Waals surface area contributed by atoms with Gasteiger partial charge in [0.05, 0.1) is 46.5 Å². The van der Waals surface area contributed by atoms with Gasteiger partial charge in [0.15, 0.2) is 0 Å². The molecule has 1 atom stereocenters. The van der Waals surface area contributed by atoms with Crippen LogP contribution in [-0.4, -0.2) is 56.3 Å². The van der Waals surface area contributed by atoms with E-state index in [1.54, 1.807) is 36.4 Å². The van der Waals surface area contributed by atoms with Crippen LogP contribution in [-0.2, 0) is 30.9 Å². The average molecular weight is 567 g/mol. The number of nitrogens with zero attached hydrogens (tertiary/aromatic N) is 4. The van der Waals surface area contributed by atoms with Gasteiger partial charge in [-0.15, -0.1) is 0 Å². The van der Waals surface area contributed by atoms with Crippen molar-refractivity contribution in [3.8, 4) is 5.75 Å². The fourth-order valence-corrected chi connectivity index (χ4v) is 5.67. The normalized spacial score (nSPS) is 17.6. The molecule has 8 nitrogen and oxygen atoms in total. The van der Waals surface area contributed by atoms with Crippen LogP contribution in [0, 0.1) is 5.92 Å². The summed E-state index contributed by atoms with van der Waals surface area (Å²) < 4.78 is 13.7. The third kappa shape index (κ3) is 5.89. The fourth-order valence-electron chi connectivity index (χ4n) is 5.21. The molecular weight excluding hydrogens is 539 g/mol. The van der Waals surface area contributed by atoms with Crippen molar-refractivity contribution in [1.29, 1.82) is 0 Å². The van der Waals surface area contributed by atoms with Gasteiger partial charge in [-0.3, -0.25) is 9.88 Å². The van der Waals surface area contributed by atoms with E-state index in [0.717, 1.165) is 61.6 Å². The SMILES string of the molecule is O=C(O)c1ccc2nc(CN3CC(Cc4ccnc(COc5ccc(Cl)cc5Cl)c4)C3)n(C[C@@H]3CCO3)c2c1.